The number of aromatic nitrogens is 1. The van der Waals surface area contributed by atoms with E-state index in [0.29, 0.717) is 18.9 Å². The summed E-state index contributed by atoms with van der Waals surface area (Å²) in [4.78, 5) is 16.0. The maximum Gasteiger partial charge on any atom is 0.238 e. The molecule has 1 aromatic heterocycles. The number of hydrogen-bond acceptors (Lipinski definition) is 3. The molecular formula is C22H24N2O2. The first-order valence-corrected chi connectivity index (χ1v) is 9.53. The second kappa shape index (κ2) is 5.32. The lowest BCUT2D eigenvalue weighted by atomic mass is 9.55. The third-order valence-corrected chi connectivity index (χ3v) is 6.41. The van der Waals surface area contributed by atoms with Gasteiger partial charge in [-0.25, -0.2) is 0 Å². The molecule has 1 aliphatic heterocycles. The summed E-state index contributed by atoms with van der Waals surface area (Å²) in [7, 11) is 0. The summed E-state index contributed by atoms with van der Waals surface area (Å²) in [5.41, 5.74) is 2.31. The highest BCUT2D eigenvalue weighted by atomic mass is 16.5. The van der Waals surface area contributed by atoms with Crippen molar-refractivity contribution in [1.82, 2.24) is 10.1 Å². The molecule has 0 saturated heterocycles. The van der Waals surface area contributed by atoms with Crippen LogP contribution in [0.4, 0.5) is 0 Å². The molecule has 134 valence electrons. The van der Waals surface area contributed by atoms with Crippen LogP contribution in [0.3, 0.4) is 0 Å². The third kappa shape index (κ3) is 2.08. The van der Waals surface area contributed by atoms with Crippen molar-refractivity contribution in [2.75, 3.05) is 13.1 Å². The fourth-order valence-corrected chi connectivity index (χ4v) is 4.99. The topological polar surface area (TPSA) is 46.3 Å². The summed E-state index contributed by atoms with van der Waals surface area (Å²) in [6.07, 6.45) is 7.21. The third-order valence-electron chi connectivity index (χ3n) is 6.41. The van der Waals surface area contributed by atoms with Crippen LogP contribution in [-0.4, -0.2) is 29.1 Å². The van der Waals surface area contributed by atoms with E-state index in [2.05, 4.69) is 42.1 Å². The van der Waals surface area contributed by atoms with Crippen LogP contribution in [-0.2, 0) is 22.0 Å². The van der Waals surface area contributed by atoms with Crippen LogP contribution < -0.4 is 0 Å². The molecule has 2 heterocycles. The molecule has 0 bridgehead atoms. The molecule has 3 aliphatic rings. The number of carbonyl (C=O) groups is 1. The van der Waals surface area contributed by atoms with E-state index in [9.17, 15) is 4.79 Å². The molecule has 0 radical (unpaired) electrons. The molecule has 0 N–H and O–H groups in total. The van der Waals surface area contributed by atoms with E-state index in [1.54, 1.807) is 6.20 Å². The van der Waals surface area contributed by atoms with Crippen LogP contribution >= 0.6 is 0 Å². The van der Waals surface area contributed by atoms with Crippen molar-refractivity contribution in [2.24, 2.45) is 5.92 Å². The Morgan fingerprint density at radius 1 is 1.23 bits per heavy atom. The van der Waals surface area contributed by atoms with Gasteiger partial charge in [-0.2, -0.15) is 0 Å². The quantitative estimate of drug-likeness (QED) is 0.796. The van der Waals surface area contributed by atoms with Crippen molar-refractivity contribution in [1.29, 1.82) is 0 Å². The summed E-state index contributed by atoms with van der Waals surface area (Å²) in [6, 6.07) is 10.3. The molecule has 4 heteroatoms. The molecule has 1 atom stereocenters. The van der Waals surface area contributed by atoms with Gasteiger partial charge in [0, 0.05) is 24.1 Å². The first kappa shape index (κ1) is 15.9. The SMILES string of the molecule is CC1(C)C2=CCN(CC3CC3)C(=O)C2(c2ccccc2)Cc2cnoc21. The molecule has 1 unspecified atom stereocenters. The maximum absolute atomic E-state index is 13.9. The van der Waals surface area contributed by atoms with Crippen LogP contribution in [0.2, 0.25) is 0 Å². The molecule has 4 nitrogen and oxygen atoms in total. The fraction of sp³-hybridized carbons (Fsp3) is 0.455. The molecule has 2 aromatic rings. The van der Waals surface area contributed by atoms with Crippen molar-refractivity contribution >= 4 is 5.91 Å². The maximum atomic E-state index is 13.9. The van der Waals surface area contributed by atoms with Gasteiger partial charge in [-0.05, 0) is 50.2 Å². The molecule has 0 spiro atoms. The first-order chi connectivity index (χ1) is 12.5. The number of fused-ring (bicyclic) bond motifs is 2. The highest BCUT2D eigenvalue weighted by molar-refractivity contribution is 5.95. The lowest BCUT2D eigenvalue weighted by Gasteiger charge is -2.50. The Labute approximate surface area is 153 Å². The highest BCUT2D eigenvalue weighted by Crippen LogP contribution is 2.54. The minimum absolute atomic E-state index is 0.244. The zero-order valence-electron chi connectivity index (χ0n) is 15.4. The second-order valence-corrected chi connectivity index (χ2v) is 8.52. The van der Waals surface area contributed by atoms with E-state index < -0.39 is 5.41 Å². The standard InChI is InChI=1S/C22H24N2O2/c1-21(2)18-10-11-24(14-15-8-9-15)20(25)22(18,17-6-4-3-5-7-17)12-16-13-23-26-19(16)21/h3-7,10,13,15H,8-9,11-12,14H2,1-2H3. The van der Waals surface area contributed by atoms with E-state index >= 15 is 0 Å². The van der Waals surface area contributed by atoms with Crippen molar-refractivity contribution in [3.63, 3.8) is 0 Å². The number of nitrogens with zero attached hydrogens (tertiary/aromatic N) is 2. The van der Waals surface area contributed by atoms with Crippen LogP contribution in [0.5, 0.6) is 0 Å². The van der Waals surface area contributed by atoms with Gasteiger partial charge in [0.25, 0.3) is 0 Å². The second-order valence-electron chi connectivity index (χ2n) is 8.52. The summed E-state index contributed by atoms with van der Waals surface area (Å²) in [5.74, 6) is 1.83. The minimum atomic E-state index is -0.642. The minimum Gasteiger partial charge on any atom is -0.360 e. The summed E-state index contributed by atoms with van der Waals surface area (Å²) in [5, 5.41) is 4.06. The molecule has 1 amide bonds. The number of amides is 1. The molecule has 5 rings (SSSR count). The van der Waals surface area contributed by atoms with Gasteiger partial charge in [0.15, 0.2) is 0 Å². The Bertz CT molecular complexity index is 892. The number of carbonyl (C=O) groups excluding carboxylic acids is 1. The van der Waals surface area contributed by atoms with Crippen LogP contribution in [0, 0.1) is 5.92 Å². The predicted octanol–water partition coefficient (Wildman–Crippen LogP) is 3.62. The Kier molecular flexibility index (Phi) is 3.25. The lowest BCUT2D eigenvalue weighted by molar-refractivity contribution is -0.137. The number of hydrogen-bond donors (Lipinski definition) is 0. The highest BCUT2D eigenvalue weighted by Gasteiger charge is 2.57. The van der Waals surface area contributed by atoms with Crippen molar-refractivity contribution in [3.05, 3.63) is 65.1 Å². The Hall–Kier alpha value is -2.36. The van der Waals surface area contributed by atoms with E-state index in [0.717, 1.165) is 29.0 Å². The average molecular weight is 348 g/mol. The fourth-order valence-electron chi connectivity index (χ4n) is 4.99. The van der Waals surface area contributed by atoms with Gasteiger partial charge in [-0.15, -0.1) is 0 Å². The van der Waals surface area contributed by atoms with E-state index in [4.69, 9.17) is 4.52 Å². The van der Waals surface area contributed by atoms with Crippen molar-refractivity contribution in [2.45, 2.75) is 43.9 Å². The molecular weight excluding hydrogens is 324 g/mol. The normalized spacial score (nSPS) is 26.9. The smallest absolute Gasteiger partial charge is 0.238 e. The molecule has 1 aromatic carbocycles. The number of rotatable bonds is 3. The van der Waals surface area contributed by atoms with Crippen molar-refractivity contribution < 1.29 is 9.32 Å². The van der Waals surface area contributed by atoms with E-state index in [1.165, 1.54) is 12.8 Å². The predicted molar refractivity (Wildman–Crippen MR) is 98.7 cm³/mol. The Balaban J connectivity index is 1.72. The Morgan fingerprint density at radius 3 is 2.73 bits per heavy atom. The van der Waals surface area contributed by atoms with Gasteiger partial charge in [0.1, 0.15) is 11.2 Å². The molecule has 1 fully saturated rings. The van der Waals surface area contributed by atoms with Crippen molar-refractivity contribution in [3.8, 4) is 0 Å². The summed E-state index contributed by atoms with van der Waals surface area (Å²) >= 11 is 0. The average Bonchev–Trinajstić information content (AvgIpc) is 3.32. The summed E-state index contributed by atoms with van der Waals surface area (Å²) in [6.45, 7) is 5.90. The van der Waals surface area contributed by atoms with E-state index in [1.807, 2.05) is 18.2 Å². The van der Waals surface area contributed by atoms with Crippen LogP contribution in [0.25, 0.3) is 0 Å². The zero-order chi connectivity index (χ0) is 17.9. The first-order valence-electron chi connectivity index (χ1n) is 9.53. The van der Waals surface area contributed by atoms with Gasteiger partial charge in [0.05, 0.1) is 6.20 Å². The van der Waals surface area contributed by atoms with Gasteiger partial charge in [-0.1, -0.05) is 41.6 Å². The van der Waals surface area contributed by atoms with Crippen LogP contribution in [0.1, 0.15) is 43.6 Å². The molecule has 1 saturated carbocycles. The van der Waals surface area contributed by atoms with Gasteiger partial charge < -0.3 is 9.42 Å². The summed E-state index contributed by atoms with van der Waals surface area (Å²) < 4.78 is 5.62. The Morgan fingerprint density at radius 2 is 2.00 bits per heavy atom. The molecule has 26 heavy (non-hydrogen) atoms. The van der Waals surface area contributed by atoms with Crippen LogP contribution in [0.15, 0.2) is 52.7 Å². The van der Waals surface area contributed by atoms with Gasteiger partial charge >= 0.3 is 0 Å². The van der Waals surface area contributed by atoms with Gasteiger partial charge in [0.2, 0.25) is 5.91 Å². The zero-order valence-corrected chi connectivity index (χ0v) is 15.4. The van der Waals surface area contributed by atoms with E-state index in [-0.39, 0.29) is 11.3 Å². The monoisotopic (exact) mass is 348 g/mol. The van der Waals surface area contributed by atoms with Gasteiger partial charge in [-0.3, -0.25) is 4.79 Å². The molecule has 2 aliphatic carbocycles. The largest absolute Gasteiger partial charge is 0.360 e. The number of benzene rings is 1. The lowest BCUT2D eigenvalue weighted by Crippen LogP contribution is -2.58.